The zero-order valence-electron chi connectivity index (χ0n) is 10.0. The second-order valence-corrected chi connectivity index (χ2v) is 4.24. The molecule has 1 aliphatic heterocycles. The van der Waals surface area contributed by atoms with E-state index >= 15 is 0 Å². The van der Waals surface area contributed by atoms with E-state index in [4.69, 9.17) is 0 Å². The lowest BCUT2D eigenvalue weighted by Gasteiger charge is -2.23. The molecule has 1 saturated heterocycles. The fraction of sp³-hybridized carbons (Fsp3) is 0.917. The van der Waals surface area contributed by atoms with Crippen molar-refractivity contribution in [1.29, 1.82) is 0 Å². The molecule has 87 valence electrons. The van der Waals surface area contributed by atoms with Crippen molar-refractivity contribution < 1.29 is 4.79 Å². The molecule has 0 saturated carbocycles. The van der Waals surface area contributed by atoms with Gasteiger partial charge in [-0.15, -0.1) is 0 Å². The summed E-state index contributed by atoms with van der Waals surface area (Å²) in [6.07, 6.45) is 4.21. The maximum Gasteiger partial charge on any atom is 0.222 e. The molecule has 1 rings (SSSR count). The van der Waals surface area contributed by atoms with Crippen molar-refractivity contribution in [3.63, 3.8) is 0 Å². The molecule has 0 aromatic heterocycles. The second-order valence-electron chi connectivity index (χ2n) is 4.24. The van der Waals surface area contributed by atoms with Crippen molar-refractivity contribution in [1.82, 2.24) is 10.2 Å². The first-order valence-electron chi connectivity index (χ1n) is 6.19. The highest BCUT2D eigenvalue weighted by Crippen LogP contribution is 2.17. The summed E-state index contributed by atoms with van der Waals surface area (Å²) in [5, 5.41) is 4.40. The van der Waals surface area contributed by atoms with Crippen LogP contribution in [0.4, 0.5) is 0 Å². The minimum atomic E-state index is 0.311. The summed E-state index contributed by atoms with van der Waals surface area (Å²) in [7, 11) is 0. The fourth-order valence-electron chi connectivity index (χ4n) is 2.15. The van der Waals surface area contributed by atoms with Crippen molar-refractivity contribution in [2.45, 2.75) is 39.5 Å². The molecule has 0 bridgehead atoms. The fourth-order valence-corrected chi connectivity index (χ4v) is 2.15. The molecule has 0 aliphatic carbocycles. The van der Waals surface area contributed by atoms with E-state index in [0.29, 0.717) is 18.2 Å². The van der Waals surface area contributed by atoms with Crippen molar-refractivity contribution in [2.24, 2.45) is 5.92 Å². The van der Waals surface area contributed by atoms with E-state index in [1.54, 1.807) is 0 Å². The normalized spacial score (nSPS) is 21.3. The van der Waals surface area contributed by atoms with Gasteiger partial charge in [-0.05, 0) is 39.0 Å². The Labute approximate surface area is 93.2 Å². The number of carbonyl (C=O) groups excluding carboxylic acids is 1. The van der Waals surface area contributed by atoms with Crippen molar-refractivity contribution in [2.75, 3.05) is 26.2 Å². The molecule has 0 aromatic rings. The molecule has 0 aromatic carbocycles. The number of hydrogen-bond donors (Lipinski definition) is 0. The molecule has 1 aliphatic rings. The maximum absolute atomic E-state index is 11.7. The summed E-state index contributed by atoms with van der Waals surface area (Å²) in [4.78, 5) is 13.7. The SMILES string of the molecule is CCN(CC)C(=O)CCC1CCC[N]C1. The minimum absolute atomic E-state index is 0.311. The first-order valence-corrected chi connectivity index (χ1v) is 6.19. The van der Waals surface area contributed by atoms with Gasteiger partial charge in [0.2, 0.25) is 5.91 Å². The van der Waals surface area contributed by atoms with Gasteiger partial charge in [-0.3, -0.25) is 4.79 Å². The van der Waals surface area contributed by atoms with Crippen LogP contribution in [0, 0.1) is 5.92 Å². The van der Waals surface area contributed by atoms with E-state index in [-0.39, 0.29) is 0 Å². The van der Waals surface area contributed by atoms with Gasteiger partial charge in [0.15, 0.2) is 0 Å². The number of piperidine rings is 1. The third-order valence-corrected chi connectivity index (χ3v) is 3.20. The number of hydrogen-bond acceptors (Lipinski definition) is 1. The van der Waals surface area contributed by atoms with Gasteiger partial charge in [0.25, 0.3) is 0 Å². The van der Waals surface area contributed by atoms with Gasteiger partial charge in [-0.1, -0.05) is 0 Å². The topological polar surface area (TPSA) is 34.4 Å². The van der Waals surface area contributed by atoms with Crippen LogP contribution in [-0.4, -0.2) is 37.0 Å². The average Bonchev–Trinajstić information content (AvgIpc) is 2.29. The molecular formula is C12H23N2O. The van der Waals surface area contributed by atoms with E-state index in [9.17, 15) is 4.79 Å². The van der Waals surface area contributed by atoms with Gasteiger partial charge in [-0.2, -0.15) is 0 Å². The monoisotopic (exact) mass is 211 g/mol. The van der Waals surface area contributed by atoms with Gasteiger partial charge in [0.1, 0.15) is 0 Å². The van der Waals surface area contributed by atoms with Crippen LogP contribution < -0.4 is 5.32 Å². The lowest BCUT2D eigenvalue weighted by molar-refractivity contribution is -0.131. The molecule has 15 heavy (non-hydrogen) atoms. The van der Waals surface area contributed by atoms with Gasteiger partial charge >= 0.3 is 0 Å². The number of amides is 1. The maximum atomic E-state index is 11.7. The number of carbonyl (C=O) groups is 1. The highest BCUT2D eigenvalue weighted by atomic mass is 16.2. The van der Waals surface area contributed by atoms with Crippen molar-refractivity contribution >= 4 is 5.91 Å². The first-order chi connectivity index (χ1) is 7.27. The van der Waals surface area contributed by atoms with Crippen molar-refractivity contribution in [3.8, 4) is 0 Å². The Kier molecular flexibility index (Phi) is 5.69. The highest BCUT2D eigenvalue weighted by Gasteiger charge is 2.16. The third kappa shape index (κ3) is 4.20. The largest absolute Gasteiger partial charge is 0.343 e. The summed E-state index contributed by atoms with van der Waals surface area (Å²) in [6.45, 7) is 7.76. The van der Waals surface area contributed by atoms with Crippen LogP contribution in [0.5, 0.6) is 0 Å². The molecule has 1 fully saturated rings. The Hall–Kier alpha value is -0.570. The molecule has 3 heteroatoms. The van der Waals surface area contributed by atoms with E-state index in [2.05, 4.69) is 5.32 Å². The summed E-state index contributed by atoms with van der Waals surface area (Å²) in [6, 6.07) is 0. The van der Waals surface area contributed by atoms with Crippen LogP contribution in [0.1, 0.15) is 39.5 Å². The Balaban J connectivity index is 2.20. The van der Waals surface area contributed by atoms with Crippen LogP contribution in [0.15, 0.2) is 0 Å². The first kappa shape index (κ1) is 12.5. The van der Waals surface area contributed by atoms with Crippen molar-refractivity contribution in [3.05, 3.63) is 0 Å². The predicted octanol–water partition coefficient (Wildman–Crippen LogP) is 1.65. The smallest absolute Gasteiger partial charge is 0.222 e. The van der Waals surface area contributed by atoms with Crippen LogP contribution in [0.25, 0.3) is 0 Å². The van der Waals surface area contributed by atoms with E-state index in [0.717, 1.165) is 32.6 Å². The van der Waals surface area contributed by atoms with E-state index in [1.165, 1.54) is 12.8 Å². The number of rotatable bonds is 5. The van der Waals surface area contributed by atoms with Gasteiger partial charge in [0.05, 0.1) is 0 Å². The Bertz CT molecular complexity index is 184. The molecule has 1 unspecified atom stereocenters. The summed E-state index contributed by atoms with van der Waals surface area (Å²) < 4.78 is 0. The lowest BCUT2D eigenvalue weighted by atomic mass is 9.94. The molecule has 0 N–H and O–H groups in total. The summed E-state index contributed by atoms with van der Waals surface area (Å²) >= 11 is 0. The van der Waals surface area contributed by atoms with E-state index in [1.807, 2.05) is 18.7 Å². The Morgan fingerprint density at radius 2 is 2.13 bits per heavy atom. The van der Waals surface area contributed by atoms with Crippen LogP contribution >= 0.6 is 0 Å². The van der Waals surface area contributed by atoms with Gasteiger partial charge in [-0.25, -0.2) is 5.32 Å². The molecule has 1 atom stereocenters. The van der Waals surface area contributed by atoms with Gasteiger partial charge < -0.3 is 4.90 Å². The zero-order chi connectivity index (χ0) is 11.1. The highest BCUT2D eigenvalue weighted by molar-refractivity contribution is 5.76. The predicted molar refractivity (Wildman–Crippen MR) is 61.8 cm³/mol. The summed E-state index contributed by atoms with van der Waals surface area (Å²) in [5.74, 6) is 0.976. The zero-order valence-corrected chi connectivity index (χ0v) is 10.0. The molecule has 3 nitrogen and oxygen atoms in total. The van der Waals surface area contributed by atoms with Crippen LogP contribution in [0.3, 0.4) is 0 Å². The van der Waals surface area contributed by atoms with E-state index < -0.39 is 0 Å². The number of nitrogens with zero attached hydrogens (tertiary/aromatic N) is 2. The van der Waals surface area contributed by atoms with Crippen LogP contribution in [-0.2, 0) is 4.79 Å². The molecular weight excluding hydrogens is 188 g/mol. The summed E-state index contributed by atoms with van der Waals surface area (Å²) in [5.41, 5.74) is 0. The minimum Gasteiger partial charge on any atom is -0.343 e. The second kappa shape index (κ2) is 6.83. The van der Waals surface area contributed by atoms with Crippen LogP contribution in [0.2, 0.25) is 0 Å². The molecule has 1 radical (unpaired) electrons. The average molecular weight is 211 g/mol. The standard InChI is InChI=1S/C12H23N2O/c1-3-14(4-2)12(15)8-7-11-6-5-9-13-10-11/h11H,3-10H2,1-2H3. The Morgan fingerprint density at radius 1 is 1.40 bits per heavy atom. The third-order valence-electron chi connectivity index (χ3n) is 3.20. The molecule has 0 spiro atoms. The van der Waals surface area contributed by atoms with Gasteiger partial charge in [0, 0.05) is 32.6 Å². The lowest BCUT2D eigenvalue weighted by Crippen LogP contribution is -2.31. The Morgan fingerprint density at radius 3 is 2.67 bits per heavy atom. The molecule has 1 amide bonds. The molecule has 1 heterocycles. The quantitative estimate of drug-likeness (QED) is 0.681.